The van der Waals surface area contributed by atoms with E-state index in [1.807, 2.05) is 6.07 Å². The van der Waals surface area contributed by atoms with Gasteiger partial charge in [0.2, 0.25) is 0 Å². The Morgan fingerprint density at radius 3 is 1.95 bits per heavy atom. The second kappa shape index (κ2) is 5.74. The Bertz CT molecular complexity index is 612. The molecule has 1 aliphatic heterocycles. The van der Waals surface area contributed by atoms with Gasteiger partial charge in [-0.1, -0.05) is 30.3 Å². The van der Waals surface area contributed by atoms with Crippen molar-refractivity contribution in [2.24, 2.45) is 0 Å². The summed E-state index contributed by atoms with van der Waals surface area (Å²) >= 11 is 0. The number of imide groups is 1. The Labute approximate surface area is 109 Å². The molecule has 1 heterocycles. The Hall–Kier alpha value is -2.03. The molecular formula is C11H11NO6S. The topological polar surface area (TPSA) is 112 Å². The zero-order valence-corrected chi connectivity index (χ0v) is 10.7. The molecule has 0 unspecified atom stereocenters. The van der Waals surface area contributed by atoms with Gasteiger partial charge in [-0.3, -0.25) is 19.3 Å². The Balaban J connectivity index is 0.000000312. The second-order valence-electron chi connectivity index (χ2n) is 3.61. The van der Waals surface area contributed by atoms with Crippen LogP contribution in [-0.2, 0) is 19.7 Å². The number of hydrogen-bond donors (Lipinski definition) is 2. The third-order valence-electron chi connectivity index (χ3n) is 1.98. The molecule has 0 radical (unpaired) electrons. The normalized spacial score (nSPS) is 14.9. The minimum Gasteiger partial charge on any atom is -0.286 e. The SMILES string of the molecule is CS(=O)(=O)O.O=C1C=C(c2ccccc2)C(=O)N1O. The quantitative estimate of drug-likeness (QED) is 0.437. The van der Waals surface area contributed by atoms with Gasteiger partial charge < -0.3 is 0 Å². The number of hydrogen-bond acceptors (Lipinski definition) is 5. The lowest BCUT2D eigenvalue weighted by atomic mass is 10.1. The van der Waals surface area contributed by atoms with E-state index in [9.17, 15) is 18.0 Å². The van der Waals surface area contributed by atoms with Gasteiger partial charge in [0.25, 0.3) is 21.9 Å². The van der Waals surface area contributed by atoms with Crippen LogP contribution in [-0.4, -0.2) is 41.3 Å². The van der Waals surface area contributed by atoms with E-state index in [1.54, 1.807) is 24.3 Å². The molecule has 1 aliphatic rings. The van der Waals surface area contributed by atoms with Crippen molar-refractivity contribution in [2.75, 3.05) is 6.26 Å². The summed E-state index contributed by atoms with van der Waals surface area (Å²) in [5.74, 6) is -1.38. The highest BCUT2D eigenvalue weighted by Crippen LogP contribution is 2.21. The Morgan fingerprint density at radius 2 is 1.58 bits per heavy atom. The molecule has 0 bridgehead atoms. The summed E-state index contributed by atoms with van der Waals surface area (Å²) in [7, 11) is -3.67. The highest BCUT2D eigenvalue weighted by molar-refractivity contribution is 7.85. The first-order valence-electron chi connectivity index (χ1n) is 4.97. The molecule has 0 aliphatic carbocycles. The number of benzene rings is 1. The van der Waals surface area contributed by atoms with Crippen molar-refractivity contribution in [1.29, 1.82) is 0 Å². The molecule has 0 saturated heterocycles. The molecule has 2 N–H and O–H groups in total. The fourth-order valence-corrected chi connectivity index (χ4v) is 1.29. The van der Waals surface area contributed by atoms with Crippen LogP contribution >= 0.6 is 0 Å². The van der Waals surface area contributed by atoms with Gasteiger partial charge >= 0.3 is 0 Å². The number of nitrogens with zero attached hydrogens (tertiary/aromatic N) is 1. The van der Waals surface area contributed by atoms with E-state index >= 15 is 0 Å². The molecule has 1 aromatic rings. The van der Waals surface area contributed by atoms with Gasteiger partial charge in [-0.15, -0.1) is 5.06 Å². The van der Waals surface area contributed by atoms with Crippen LogP contribution in [0.2, 0.25) is 0 Å². The number of rotatable bonds is 1. The van der Waals surface area contributed by atoms with Crippen molar-refractivity contribution in [3.05, 3.63) is 42.0 Å². The van der Waals surface area contributed by atoms with Crippen LogP contribution in [0, 0.1) is 0 Å². The van der Waals surface area contributed by atoms with Crippen molar-refractivity contribution >= 4 is 27.5 Å². The molecule has 0 saturated carbocycles. The minimum atomic E-state index is -3.67. The van der Waals surface area contributed by atoms with Gasteiger partial charge in [0.15, 0.2) is 0 Å². The van der Waals surface area contributed by atoms with Crippen LogP contribution in [0.15, 0.2) is 36.4 Å². The van der Waals surface area contributed by atoms with E-state index in [1.165, 1.54) is 0 Å². The molecule has 1 aromatic carbocycles. The lowest BCUT2D eigenvalue weighted by Crippen LogP contribution is -2.26. The van der Waals surface area contributed by atoms with Gasteiger partial charge in [-0.2, -0.15) is 8.42 Å². The van der Waals surface area contributed by atoms with E-state index < -0.39 is 21.9 Å². The molecule has 7 nitrogen and oxygen atoms in total. The first kappa shape index (κ1) is 15.0. The largest absolute Gasteiger partial charge is 0.286 e. The fraction of sp³-hybridized carbons (Fsp3) is 0.0909. The standard InChI is InChI=1S/C10H7NO3.CH4O3S/c12-9-6-8(10(13)11(9)14)7-4-2-1-3-5-7;1-5(2,3)4/h1-6,14H;1H3,(H,2,3,4). The number of hydroxylamine groups is 2. The van der Waals surface area contributed by atoms with E-state index in [0.29, 0.717) is 11.8 Å². The number of amides is 2. The molecule has 2 amide bonds. The van der Waals surface area contributed by atoms with Crippen LogP contribution in [0.5, 0.6) is 0 Å². The van der Waals surface area contributed by atoms with Crippen LogP contribution < -0.4 is 0 Å². The van der Waals surface area contributed by atoms with Crippen molar-refractivity contribution in [3.63, 3.8) is 0 Å². The van der Waals surface area contributed by atoms with Gasteiger partial charge in [-0.05, 0) is 5.56 Å². The Morgan fingerprint density at radius 1 is 1.11 bits per heavy atom. The summed E-state index contributed by atoms with van der Waals surface area (Å²) in [6.07, 6.45) is 1.84. The summed E-state index contributed by atoms with van der Waals surface area (Å²) < 4.78 is 25.9. The molecule has 102 valence electrons. The monoisotopic (exact) mass is 285 g/mol. The van der Waals surface area contributed by atoms with Crippen molar-refractivity contribution in [1.82, 2.24) is 5.06 Å². The lowest BCUT2D eigenvalue weighted by Gasteiger charge is -2.04. The van der Waals surface area contributed by atoms with E-state index in [4.69, 9.17) is 9.76 Å². The number of carbonyl (C=O) groups excluding carboxylic acids is 2. The second-order valence-corrected chi connectivity index (χ2v) is 5.08. The highest BCUT2D eigenvalue weighted by atomic mass is 32.2. The summed E-state index contributed by atoms with van der Waals surface area (Å²) in [6.45, 7) is 0. The van der Waals surface area contributed by atoms with Crippen molar-refractivity contribution < 1.29 is 27.8 Å². The van der Waals surface area contributed by atoms with Crippen LogP contribution in [0.3, 0.4) is 0 Å². The molecule has 19 heavy (non-hydrogen) atoms. The maximum atomic E-state index is 11.3. The zero-order chi connectivity index (χ0) is 14.6. The van der Waals surface area contributed by atoms with Crippen LogP contribution in [0.1, 0.15) is 5.56 Å². The van der Waals surface area contributed by atoms with E-state index in [-0.39, 0.29) is 10.6 Å². The van der Waals surface area contributed by atoms with Gasteiger partial charge in [0.1, 0.15) is 0 Å². The molecule has 0 spiro atoms. The maximum Gasteiger partial charge on any atom is 0.285 e. The summed E-state index contributed by atoms with van der Waals surface area (Å²) in [6, 6.07) is 8.73. The maximum absolute atomic E-state index is 11.3. The Kier molecular flexibility index (Phi) is 4.54. The average molecular weight is 285 g/mol. The summed E-state index contributed by atoms with van der Waals surface area (Å²) in [4.78, 5) is 22.2. The van der Waals surface area contributed by atoms with E-state index in [0.717, 1.165) is 6.08 Å². The molecule has 0 fully saturated rings. The molecule has 0 atom stereocenters. The van der Waals surface area contributed by atoms with Crippen LogP contribution in [0.25, 0.3) is 5.57 Å². The molecule has 2 rings (SSSR count). The van der Waals surface area contributed by atoms with Gasteiger partial charge in [0, 0.05) is 6.08 Å². The van der Waals surface area contributed by atoms with Crippen molar-refractivity contribution in [3.8, 4) is 0 Å². The van der Waals surface area contributed by atoms with E-state index in [2.05, 4.69) is 0 Å². The average Bonchev–Trinajstić information content (AvgIpc) is 2.56. The molecule has 0 aromatic heterocycles. The number of carbonyl (C=O) groups is 2. The van der Waals surface area contributed by atoms with Gasteiger partial charge in [-0.25, -0.2) is 0 Å². The minimum absolute atomic E-state index is 0.113. The smallest absolute Gasteiger partial charge is 0.285 e. The lowest BCUT2D eigenvalue weighted by molar-refractivity contribution is -0.168. The first-order chi connectivity index (χ1) is 8.70. The highest BCUT2D eigenvalue weighted by Gasteiger charge is 2.30. The molecular weight excluding hydrogens is 274 g/mol. The predicted molar refractivity (Wildman–Crippen MR) is 65.5 cm³/mol. The van der Waals surface area contributed by atoms with Gasteiger partial charge in [0.05, 0.1) is 11.8 Å². The van der Waals surface area contributed by atoms with Crippen molar-refractivity contribution in [2.45, 2.75) is 0 Å². The zero-order valence-electron chi connectivity index (χ0n) is 9.85. The fourth-order valence-electron chi connectivity index (χ4n) is 1.29. The van der Waals surface area contributed by atoms with Crippen LogP contribution in [0.4, 0.5) is 0 Å². The summed E-state index contributed by atoms with van der Waals surface area (Å²) in [5, 5.41) is 9.09. The molecule has 8 heteroatoms. The predicted octanol–water partition coefficient (Wildman–Crippen LogP) is 0.332. The first-order valence-corrected chi connectivity index (χ1v) is 6.82. The third-order valence-corrected chi connectivity index (χ3v) is 1.98. The third kappa shape index (κ3) is 4.62. The summed E-state index contributed by atoms with van der Waals surface area (Å²) in [5.41, 5.74) is 0.848.